The van der Waals surface area contributed by atoms with Crippen molar-refractivity contribution < 1.29 is 8.78 Å². The molecule has 0 aromatic carbocycles. The highest BCUT2D eigenvalue weighted by atomic mass is 35.5. The fraction of sp³-hybridized carbons (Fsp3) is 0.333. The van der Waals surface area contributed by atoms with Gasteiger partial charge in [-0.3, -0.25) is 4.98 Å². The average molecular weight is 232 g/mol. The van der Waals surface area contributed by atoms with Crippen molar-refractivity contribution in [2.45, 2.75) is 19.4 Å². The Kier molecular flexibility index (Phi) is 3.95. The van der Waals surface area contributed by atoms with Crippen molar-refractivity contribution in [2.75, 3.05) is 0 Å². The Labute approximate surface area is 90.5 Å². The van der Waals surface area contributed by atoms with Crippen LogP contribution in [0.3, 0.4) is 0 Å². The van der Waals surface area contributed by atoms with Gasteiger partial charge in [-0.15, -0.1) is 0 Å². The molecule has 15 heavy (non-hydrogen) atoms. The lowest BCUT2D eigenvalue weighted by Gasteiger charge is -2.11. The van der Waals surface area contributed by atoms with E-state index in [-0.39, 0.29) is 34.8 Å². The van der Waals surface area contributed by atoms with Crippen LogP contribution in [0.2, 0.25) is 5.02 Å². The molecule has 0 saturated heterocycles. The summed E-state index contributed by atoms with van der Waals surface area (Å²) >= 11 is 5.69. The maximum absolute atomic E-state index is 12.7. The van der Waals surface area contributed by atoms with E-state index in [0.29, 0.717) is 0 Å². The largest absolute Gasteiger partial charge is 0.326 e. The Hall–Kier alpha value is -1.25. The lowest BCUT2D eigenvalue weighted by Crippen LogP contribution is -2.08. The van der Waals surface area contributed by atoms with Gasteiger partial charge in [0.15, 0.2) is 0 Å². The van der Waals surface area contributed by atoms with Crippen LogP contribution in [0.4, 0.5) is 8.78 Å². The summed E-state index contributed by atoms with van der Waals surface area (Å²) in [5, 5.41) is 8.57. The van der Waals surface area contributed by atoms with E-state index >= 15 is 0 Å². The smallest absolute Gasteiger partial charge is 0.266 e. The number of alkyl halides is 2. The molecule has 1 aromatic rings. The standard InChI is InChI=1S/C9H8ClF2N3/c10-6-4-15-7(1-2-13)8(9(11)12)5(6)3-14/h4,9H,1,3,14H2. The maximum Gasteiger partial charge on any atom is 0.266 e. The molecule has 1 rings (SSSR count). The third-order valence-corrected chi connectivity index (χ3v) is 2.25. The summed E-state index contributed by atoms with van der Waals surface area (Å²) in [4.78, 5) is 3.71. The third kappa shape index (κ3) is 2.41. The molecule has 0 aliphatic heterocycles. The first-order valence-electron chi connectivity index (χ1n) is 4.13. The highest BCUT2D eigenvalue weighted by Crippen LogP contribution is 2.30. The first kappa shape index (κ1) is 11.8. The molecule has 0 unspecified atom stereocenters. The van der Waals surface area contributed by atoms with E-state index in [1.54, 1.807) is 6.07 Å². The minimum atomic E-state index is -2.72. The van der Waals surface area contributed by atoms with E-state index in [1.165, 1.54) is 6.20 Å². The first-order valence-corrected chi connectivity index (χ1v) is 4.51. The number of nitrogens with zero attached hydrogens (tertiary/aromatic N) is 2. The second kappa shape index (κ2) is 5.01. The van der Waals surface area contributed by atoms with Gasteiger partial charge >= 0.3 is 0 Å². The normalized spacial score (nSPS) is 10.4. The van der Waals surface area contributed by atoms with E-state index in [4.69, 9.17) is 22.6 Å². The molecule has 3 nitrogen and oxygen atoms in total. The van der Waals surface area contributed by atoms with Crippen LogP contribution in [0.25, 0.3) is 0 Å². The second-order valence-electron chi connectivity index (χ2n) is 2.78. The first-order chi connectivity index (χ1) is 7.11. The Bertz CT molecular complexity index is 401. The zero-order valence-corrected chi connectivity index (χ0v) is 8.43. The van der Waals surface area contributed by atoms with Crippen LogP contribution in [-0.2, 0) is 13.0 Å². The van der Waals surface area contributed by atoms with Gasteiger partial charge in [-0.1, -0.05) is 11.6 Å². The summed E-state index contributed by atoms with van der Waals surface area (Å²) in [6.07, 6.45) is -1.66. The predicted octanol–water partition coefficient (Wildman–Crippen LogP) is 2.20. The Balaban J connectivity index is 3.36. The summed E-state index contributed by atoms with van der Waals surface area (Å²) in [6.45, 7) is -0.0978. The topological polar surface area (TPSA) is 62.7 Å². The number of rotatable bonds is 3. The maximum atomic E-state index is 12.7. The third-order valence-electron chi connectivity index (χ3n) is 1.93. The fourth-order valence-corrected chi connectivity index (χ4v) is 1.49. The molecule has 0 saturated carbocycles. The minimum Gasteiger partial charge on any atom is -0.326 e. The number of nitrogens with two attached hydrogens (primary N) is 1. The molecule has 0 aliphatic carbocycles. The molecule has 0 bridgehead atoms. The number of halogens is 3. The van der Waals surface area contributed by atoms with E-state index in [0.717, 1.165) is 0 Å². The molecule has 0 fully saturated rings. The second-order valence-corrected chi connectivity index (χ2v) is 3.19. The van der Waals surface area contributed by atoms with E-state index < -0.39 is 6.43 Å². The van der Waals surface area contributed by atoms with Gasteiger partial charge in [0, 0.05) is 18.3 Å². The molecule has 0 atom stereocenters. The SMILES string of the molecule is N#CCc1ncc(Cl)c(CN)c1C(F)F. The molecule has 0 radical (unpaired) electrons. The lowest BCUT2D eigenvalue weighted by molar-refractivity contribution is 0.148. The monoisotopic (exact) mass is 231 g/mol. The highest BCUT2D eigenvalue weighted by Gasteiger charge is 2.20. The Morgan fingerprint density at radius 1 is 1.60 bits per heavy atom. The molecule has 1 heterocycles. The van der Waals surface area contributed by atoms with Gasteiger partial charge in [0.05, 0.1) is 23.2 Å². The van der Waals surface area contributed by atoms with Gasteiger partial charge in [-0.2, -0.15) is 5.26 Å². The van der Waals surface area contributed by atoms with Crippen LogP contribution in [-0.4, -0.2) is 4.98 Å². The zero-order chi connectivity index (χ0) is 11.4. The zero-order valence-electron chi connectivity index (χ0n) is 7.67. The molecule has 6 heteroatoms. The molecular weight excluding hydrogens is 224 g/mol. The molecule has 1 aromatic heterocycles. The van der Waals surface area contributed by atoms with Crippen molar-refractivity contribution in [1.82, 2.24) is 4.98 Å². The van der Waals surface area contributed by atoms with Gasteiger partial charge in [0.25, 0.3) is 6.43 Å². The summed E-state index contributed by atoms with van der Waals surface area (Å²) in [5.41, 5.74) is 5.21. The van der Waals surface area contributed by atoms with Crippen molar-refractivity contribution >= 4 is 11.6 Å². The molecule has 2 N–H and O–H groups in total. The van der Waals surface area contributed by atoms with Crippen LogP contribution in [0.5, 0.6) is 0 Å². The highest BCUT2D eigenvalue weighted by molar-refractivity contribution is 6.31. The van der Waals surface area contributed by atoms with Crippen molar-refractivity contribution in [3.8, 4) is 6.07 Å². The quantitative estimate of drug-likeness (QED) is 0.867. The summed E-state index contributed by atoms with van der Waals surface area (Å²) in [7, 11) is 0. The molecule has 0 spiro atoms. The number of aromatic nitrogens is 1. The fourth-order valence-electron chi connectivity index (χ4n) is 1.27. The van der Waals surface area contributed by atoms with Crippen molar-refractivity contribution in [3.05, 3.63) is 28.0 Å². The predicted molar refractivity (Wildman–Crippen MR) is 51.4 cm³/mol. The number of nitriles is 1. The molecule has 0 aliphatic rings. The van der Waals surface area contributed by atoms with Gasteiger partial charge in [0.1, 0.15) is 0 Å². The summed E-state index contributed by atoms with van der Waals surface area (Å²) < 4.78 is 25.4. The Morgan fingerprint density at radius 2 is 2.27 bits per heavy atom. The summed E-state index contributed by atoms with van der Waals surface area (Å²) in [6, 6.07) is 1.77. The number of hydrogen-bond acceptors (Lipinski definition) is 3. The number of hydrogen-bond donors (Lipinski definition) is 1. The Morgan fingerprint density at radius 3 is 2.73 bits per heavy atom. The molecule has 80 valence electrons. The van der Waals surface area contributed by atoms with Crippen LogP contribution < -0.4 is 5.73 Å². The minimum absolute atomic E-state index is 0.0392. The number of pyridine rings is 1. The molecule has 0 amide bonds. The van der Waals surface area contributed by atoms with Crippen molar-refractivity contribution in [2.24, 2.45) is 5.73 Å². The lowest BCUT2D eigenvalue weighted by atomic mass is 10.1. The van der Waals surface area contributed by atoms with Gasteiger partial charge in [-0.05, 0) is 5.56 Å². The van der Waals surface area contributed by atoms with Crippen LogP contribution >= 0.6 is 11.6 Å². The van der Waals surface area contributed by atoms with Crippen molar-refractivity contribution in [3.63, 3.8) is 0 Å². The van der Waals surface area contributed by atoms with E-state index in [1.807, 2.05) is 0 Å². The van der Waals surface area contributed by atoms with E-state index in [9.17, 15) is 8.78 Å². The van der Waals surface area contributed by atoms with Crippen LogP contribution in [0, 0.1) is 11.3 Å². The van der Waals surface area contributed by atoms with Crippen LogP contribution in [0.15, 0.2) is 6.20 Å². The van der Waals surface area contributed by atoms with E-state index in [2.05, 4.69) is 4.98 Å². The molecular formula is C9H8ClF2N3. The van der Waals surface area contributed by atoms with Gasteiger partial charge in [0.2, 0.25) is 0 Å². The van der Waals surface area contributed by atoms with Crippen molar-refractivity contribution in [1.29, 1.82) is 5.26 Å². The average Bonchev–Trinajstić information content (AvgIpc) is 2.20. The van der Waals surface area contributed by atoms with Crippen LogP contribution in [0.1, 0.15) is 23.2 Å². The summed E-state index contributed by atoms with van der Waals surface area (Å²) in [5.74, 6) is 0. The van der Waals surface area contributed by atoms with Gasteiger partial charge < -0.3 is 5.73 Å². The van der Waals surface area contributed by atoms with Gasteiger partial charge in [-0.25, -0.2) is 8.78 Å².